The number of aryl methyl sites for hydroxylation is 2. The maximum Gasteiger partial charge on any atom is 0.203 e. The van der Waals surface area contributed by atoms with Gasteiger partial charge in [-0.25, -0.2) is 0 Å². The van der Waals surface area contributed by atoms with Crippen LogP contribution < -0.4 is 4.74 Å². The standard InChI is InChI=1S/C11H18O3/c1-6-8-9(12)10(7(2)13-8)14-11(3,4)5/h12H,6H2,1-5H3. The van der Waals surface area contributed by atoms with Gasteiger partial charge in [0.2, 0.25) is 11.5 Å². The zero-order valence-corrected chi connectivity index (χ0v) is 9.47. The molecular formula is C11H18O3. The molecule has 0 spiro atoms. The smallest absolute Gasteiger partial charge is 0.203 e. The molecule has 0 atom stereocenters. The topological polar surface area (TPSA) is 42.6 Å². The Bertz CT molecular complexity index is 318. The summed E-state index contributed by atoms with van der Waals surface area (Å²) in [4.78, 5) is 0. The van der Waals surface area contributed by atoms with Crippen molar-refractivity contribution >= 4 is 0 Å². The van der Waals surface area contributed by atoms with Crippen LogP contribution in [0.3, 0.4) is 0 Å². The molecule has 1 heterocycles. The van der Waals surface area contributed by atoms with Gasteiger partial charge in [-0.1, -0.05) is 6.92 Å². The van der Waals surface area contributed by atoms with Crippen molar-refractivity contribution in [3.05, 3.63) is 11.5 Å². The highest BCUT2D eigenvalue weighted by Crippen LogP contribution is 2.38. The van der Waals surface area contributed by atoms with E-state index in [1.807, 2.05) is 27.7 Å². The van der Waals surface area contributed by atoms with Gasteiger partial charge in [-0.05, 0) is 27.7 Å². The van der Waals surface area contributed by atoms with E-state index >= 15 is 0 Å². The van der Waals surface area contributed by atoms with Crippen LogP contribution in [0, 0.1) is 6.92 Å². The molecule has 1 aromatic rings. The highest BCUT2D eigenvalue weighted by molar-refractivity contribution is 5.45. The lowest BCUT2D eigenvalue weighted by Crippen LogP contribution is -2.23. The van der Waals surface area contributed by atoms with E-state index in [9.17, 15) is 5.11 Å². The fourth-order valence-electron chi connectivity index (χ4n) is 1.24. The van der Waals surface area contributed by atoms with Gasteiger partial charge in [0.15, 0.2) is 0 Å². The van der Waals surface area contributed by atoms with Crippen molar-refractivity contribution in [1.29, 1.82) is 0 Å². The molecule has 0 radical (unpaired) electrons. The summed E-state index contributed by atoms with van der Waals surface area (Å²) in [5, 5.41) is 9.75. The van der Waals surface area contributed by atoms with Crippen molar-refractivity contribution in [2.45, 2.75) is 46.6 Å². The van der Waals surface area contributed by atoms with Gasteiger partial charge in [0.25, 0.3) is 0 Å². The van der Waals surface area contributed by atoms with E-state index in [1.165, 1.54) is 0 Å². The molecule has 0 fully saturated rings. The SMILES string of the molecule is CCc1oc(C)c(OC(C)(C)C)c1O. The highest BCUT2D eigenvalue weighted by atomic mass is 16.5. The molecule has 1 N–H and O–H groups in total. The van der Waals surface area contributed by atoms with Gasteiger partial charge >= 0.3 is 0 Å². The van der Waals surface area contributed by atoms with Crippen LogP contribution in [0.1, 0.15) is 39.2 Å². The molecule has 3 nitrogen and oxygen atoms in total. The van der Waals surface area contributed by atoms with E-state index < -0.39 is 0 Å². The van der Waals surface area contributed by atoms with Crippen molar-refractivity contribution in [2.24, 2.45) is 0 Å². The summed E-state index contributed by atoms with van der Waals surface area (Å²) in [5.41, 5.74) is -0.322. The minimum Gasteiger partial charge on any atom is -0.502 e. The summed E-state index contributed by atoms with van der Waals surface area (Å²) >= 11 is 0. The normalized spacial score (nSPS) is 11.8. The number of rotatable bonds is 2. The zero-order valence-electron chi connectivity index (χ0n) is 9.47. The number of aromatic hydroxyl groups is 1. The van der Waals surface area contributed by atoms with Crippen LogP contribution in [-0.4, -0.2) is 10.7 Å². The Balaban J connectivity index is 3.03. The largest absolute Gasteiger partial charge is 0.502 e. The number of hydrogen-bond donors (Lipinski definition) is 1. The molecule has 0 aliphatic carbocycles. The van der Waals surface area contributed by atoms with Gasteiger partial charge in [-0.2, -0.15) is 0 Å². The molecule has 1 aromatic heterocycles. The molecule has 80 valence electrons. The minimum absolute atomic E-state index is 0.139. The van der Waals surface area contributed by atoms with E-state index in [0.29, 0.717) is 23.7 Å². The maximum absolute atomic E-state index is 9.75. The Morgan fingerprint density at radius 1 is 1.36 bits per heavy atom. The first kappa shape index (κ1) is 11.0. The second kappa shape index (κ2) is 3.56. The van der Waals surface area contributed by atoms with Crippen molar-refractivity contribution < 1.29 is 14.3 Å². The summed E-state index contributed by atoms with van der Waals surface area (Å²) in [6.45, 7) is 9.53. The number of ether oxygens (including phenoxy) is 1. The molecule has 3 heteroatoms. The predicted octanol–water partition coefficient (Wildman–Crippen LogP) is 3.03. The van der Waals surface area contributed by atoms with Gasteiger partial charge in [-0.15, -0.1) is 0 Å². The molecule has 0 unspecified atom stereocenters. The summed E-state index contributed by atoms with van der Waals surface area (Å²) in [6.07, 6.45) is 0.667. The summed E-state index contributed by atoms with van der Waals surface area (Å²) in [5.74, 6) is 1.82. The van der Waals surface area contributed by atoms with Gasteiger partial charge in [0.05, 0.1) is 0 Å². The summed E-state index contributed by atoms with van der Waals surface area (Å²) in [6, 6.07) is 0. The van der Waals surface area contributed by atoms with Crippen molar-refractivity contribution in [1.82, 2.24) is 0 Å². The Morgan fingerprint density at radius 3 is 2.29 bits per heavy atom. The average Bonchev–Trinajstić information content (AvgIpc) is 2.29. The number of furan rings is 1. The van der Waals surface area contributed by atoms with Crippen LogP contribution in [-0.2, 0) is 6.42 Å². The third-order valence-electron chi connectivity index (χ3n) is 1.80. The van der Waals surface area contributed by atoms with Crippen LogP contribution >= 0.6 is 0 Å². The maximum atomic E-state index is 9.75. The van der Waals surface area contributed by atoms with Crippen LogP contribution in [0.25, 0.3) is 0 Å². The first-order valence-corrected chi connectivity index (χ1v) is 4.85. The zero-order chi connectivity index (χ0) is 10.9. The first-order valence-electron chi connectivity index (χ1n) is 4.85. The van der Waals surface area contributed by atoms with Gasteiger partial charge in [0.1, 0.15) is 17.1 Å². The first-order chi connectivity index (χ1) is 6.35. The highest BCUT2D eigenvalue weighted by Gasteiger charge is 2.22. The predicted molar refractivity (Wildman–Crippen MR) is 54.9 cm³/mol. The van der Waals surface area contributed by atoms with Crippen LogP contribution in [0.4, 0.5) is 0 Å². The molecule has 0 amide bonds. The van der Waals surface area contributed by atoms with Gasteiger partial charge in [0, 0.05) is 6.42 Å². The summed E-state index contributed by atoms with van der Waals surface area (Å²) < 4.78 is 11.0. The third kappa shape index (κ3) is 2.22. The minimum atomic E-state index is -0.322. The fraction of sp³-hybridized carbons (Fsp3) is 0.636. The van der Waals surface area contributed by atoms with Crippen LogP contribution in [0.15, 0.2) is 4.42 Å². The van der Waals surface area contributed by atoms with E-state index in [1.54, 1.807) is 6.92 Å². The molecule has 0 aliphatic heterocycles. The van der Waals surface area contributed by atoms with Gasteiger partial charge in [-0.3, -0.25) is 0 Å². The second-order valence-corrected chi connectivity index (χ2v) is 4.33. The van der Waals surface area contributed by atoms with Gasteiger partial charge < -0.3 is 14.3 Å². The van der Waals surface area contributed by atoms with Crippen LogP contribution in [0.2, 0.25) is 0 Å². The second-order valence-electron chi connectivity index (χ2n) is 4.33. The third-order valence-corrected chi connectivity index (χ3v) is 1.80. The Hall–Kier alpha value is -1.12. The Morgan fingerprint density at radius 2 is 1.93 bits per heavy atom. The van der Waals surface area contributed by atoms with Crippen molar-refractivity contribution in [3.63, 3.8) is 0 Å². The average molecular weight is 198 g/mol. The molecule has 1 rings (SSSR count). The number of hydrogen-bond acceptors (Lipinski definition) is 3. The Kier molecular flexibility index (Phi) is 2.79. The molecule has 0 aromatic carbocycles. The fourth-order valence-corrected chi connectivity index (χ4v) is 1.24. The van der Waals surface area contributed by atoms with E-state index in [-0.39, 0.29) is 11.4 Å². The van der Waals surface area contributed by atoms with Crippen LogP contribution in [0.5, 0.6) is 11.5 Å². The lowest BCUT2D eigenvalue weighted by molar-refractivity contribution is 0.124. The monoisotopic (exact) mass is 198 g/mol. The van der Waals surface area contributed by atoms with E-state index in [2.05, 4.69) is 0 Å². The molecule has 0 saturated carbocycles. The van der Waals surface area contributed by atoms with Crippen molar-refractivity contribution in [3.8, 4) is 11.5 Å². The molecule has 0 saturated heterocycles. The lowest BCUT2D eigenvalue weighted by atomic mass is 10.2. The van der Waals surface area contributed by atoms with E-state index in [4.69, 9.17) is 9.15 Å². The molecule has 0 bridgehead atoms. The quantitative estimate of drug-likeness (QED) is 0.794. The Labute approximate surface area is 84.7 Å². The van der Waals surface area contributed by atoms with E-state index in [0.717, 1.165) is 0 Å². The molecule has 14 heavy (non-hydrogen) atoms. The summed E-state index contributed by atoms with van der Waals surface area (Å²) in [7, 11) is 0. The molecular weight excluding hydrogens is 180 g/mol. The lowest BCUT2D eigenvalue weighted by Gasteiger charge is -2.20. The van der Waals surface area contributed by atoms with Crippen molar-refractivity contribution in [2.75, 3.05) is 0 Å². The molecule has 0 aliphatic rings.